The predicted octanol–water partition coefficient (Wildman–Crippen LogP) is 15.2. The first-order valence-electron chi connectivity index (χ1n) is 24.9. The molecule has 2 aliphatic carbocycles. The molecule has 0 radical (unpaired) electrons. The van der Waals surface area contributed by atoms with Gasteiger partial charge in [-0.1, -0.05) is 202 Å². The Balaban J connectivity index is 1.14. The summed E-state index contributed by atoms with van der Waals surface area (Å²) < 4.78 is 85.5. The molecule has 1 heteroatoms. The van der Waals surface area contributed by atoms with Gasteiger partial charge in [0.25, 0.3) is 0 Å². The van der Waals surface area contributed by atoms with Crippen LogP contribution >= 0.6 is 0 Å². The number of hydrogen-bond acceptors (Lipinski definition) is 1. The average Bonchev–Trinajstić information content (AvgIpc) is 3.80. The van der Waals surface area contributed by atoms with Gasteiger partial charge in [-0.25, -0.2) is 0 Å². The Bertz CT molecular complexity index is 3500. The molecule has 9 aromatic carbocycles. The summed E-state index contributed by atoms with van der Waals surface area (Å²) in [6.45, 7) is 4.29. The first kappa shape index (κ1) is 25.9. The lowest BCUT2D eigenvalue weighted by atomic mass is 9.67. The molecule has 0 atom stereocenters. The van der Waals surface area contributed by atoms with Crippen molar-refractivity contribution in [3.63, 3.8) is 0 Å². The maximum absolute atomic E-state index is 8.92. The fourth-order valence-corrected chi connectivity index (χ4v) is 9.72. The third kappa shape index (κ3) is 5.39. The summed E-state index contributed by atoms with van der Waals surface area (Å²) in [6.07, 6.45) is 0. The van der Waals surface area contributed by atoms with Gasteiger partial charge in [0.1, 0.15) is 0 Å². The third-order valence-electron chi connectivity index (χ3n) is 12.3. The summed E-state index contributed by atoms with van der Waals surface area (Å²) in [5.74, 6) is 0. The molecule has 0 fully saturated rings. The van der Waals surface area contributed by atoms with Crippen molar-refractivity contribution in [1.82, 2.24) is 0 Å². The van der Waals surface area contributed by atoms with Crippen molar-refractivity contribution >= 4 is 17.1 Å². The first-order valence-corrected chi connectivity index (χ1v) is 19.9. The van der Waals surface area contributed by atoms with Gasteiger partial charge < -0.3 is 4.90 Å². The molecule has 9 aromatic rings. The molecule has 280 valence electrons. The second kappa shape index (κ2) is 13.7. The lowest BCUT2D eigenvalue weighted by Crippen LogP contribution is -2.28. The van der Waals surface area contributed by atoms with Gasteiger partial charge in [0.05, 0.1) is 19.1 Å². The second-order valence-electron chi connectivity index (χ2n) is 15.7. The number of fused-ring (bicyclic) bond motifs is 6. The van der Waals surface area contributed by atoms with E-state index in [4.69, 9.17) is 13.7 Å². The minimum atomic E-state index is -0.678. The maximum Gasteiger partial charge on any atom is 0.0714 e. The smallest absolute Gasteiger partial charge is 0.0714 e. The van der Waals surface area contributed by atoms with E-state index in [1.807, 2.05) is 42.5 Å². The van der Waals surface area contributed by atoms with Gasteiger partial charge in [-0.2, -0.15) is 0 Å². The van der Waals surface area contributed by atoms with Crippen molar-refractivity contribution in [2.24, 2.45) is 0 Å². The van der Waals surface area contributed by atoms with E-state index in [0.717, 1.165) is 50.4 Å². The van der Waals surface area contributed by atoms with Crippen molar-refractivity contribution < 1.29 is 13.7 Å². The Morgan fingerprint density at radius 1 is 0.373 bits per heavy atom. The van der Waals surface area contributed by atoms with Crippen molar-refractivity contribution in [2.75, 3.05) is 4.90 Å². The lowest BCUT2D eigenvalue weighted by Gasteiger charge is -2.35. The molecule has 0 bridgehead atoms. The molecule has 0 spiro atoms. The summed E-state index contributed by atoms with van der Waals surface area (Å²) in [4.78, 5) is 2.18. The van der Waals surface area contributed by atoms with Crippen molar-refractivity contribution in [2.45, 2.75) is 24.7 Å². The summed E-state index contributed by atoms with van der Waals surface area (Å²) >= 11 is 0. The van der Waals surface area contributed by atoms with E-state index in [2.05, 4.69) is 128 Å². The Morgan fingerprint density at radius 3 is 1.61 bits per heavy atom. The van der Waals surface area contributed by atoms with Gasteiger partial charge in [-0.3, -0.25) is 0 Å². The highest BCUT2D eigenvalue weighted by Crippen LogP contribution is 2.57. The average molecular weight is 764 g/mol. The largest absolute Gasteiger partial charge is 0.310 e. The van der Waals surface area contributed by atoms with Crippen LogP contribution < -0.4 is 4.90 Å². The van der Waals surface area contributed by atoms with Crippen LogP contribution in [-0.4, -0.2) is 0 Å². The van der Waals surface area contributed by atoms with E-state index in [1.165, 1.54) is 22.3 Å². The second-order valence-corrected chi connectivity index (χ2v) is 15.7. The van der Waals surface area contributed by atoms with Crippen molar-refractivity contribution in [3.8, 4) is 44.5 Å². The fraction of sp³-hybridized carbons (Fsp3) is 0.0690. The predicted molar refractivity (Wildman–Crippen MR) is 247 cm³/mol. The first-order chi connectivity index (χ1) is 33.2. The van der Waals surface area contributed by atoms with E-state index in [9.17, 15) is 0 Å². The molecule has 11 rings (SSSR count). The molecule has 1 nitrogen and oxygen atoms in total. The molecule has 0 aromatic heterocycles. The van der Waals surface area contributed by atoms with Crippen LogP contribution in [0.25, 0.3) is 44.5 Å². The molecule has 59 heavy (non-hydrogen) atoms. The van der Waals surface area contributed by atoms with Crippen LogP contribution in [0.3, 0.4) is 0 Å². The molecule has 0 saturated carbocycles. The van der Waals surface area contributed by atoms with Gasteiger partial charge >= 0.3 is 0 Å². The number of benzene rings is 9. The van der Waals surface area contributed by atoms with E-state index in [-0.39, 0.29) is 47.4 Å². The van der Waals surface area contributed by atoms with E-state index in [1.54, 1.807) is 12.1 Å². The van der Waals surface area contributed by atoms with Crippen LogP contribution in [0, 0.1) is 0 Å². The normalized spacial score (nSPS) is 16.2. The van der Waals surface area contributed by atoms with Crippen LogP contribution in [0.15, 0.2) is 224 Å². The van der Waals surface area contributed by atoms with Crippen LogP contribution in [0.1, 0.15) is 60.9 Å². The van der Waals surface area contributed by atoms with Gasteiger partial charge in [0, 0.05) is 22.5 Å². The Kier molecular flexibility index (Phi) is 6.02. The standard InChI is InChI=1S/C58H43N/c1-57(2)54-31-17-28-48(42-20-8-4-9-21-42)56(54)51-37-36-47(39-55(51)57)59(45-34-32-41(33-35-45)40-18-6-3-7-19-40)46-25-16-24-44(38-46)58(43-22-10-5-11-23-43)52-29-14-12-26-49(52)50-27-13-15-30-53(50)58/h3-39H,1-2H3/i3D,4D,6D,7D,8D,9D,18D,19D,20D,21D. The zero-order chi connectivity index (χ0) is 48.3. The summed E-state index contributed by atoms with van der Waals surface area (Å²) in [5, 5.41) is 0. The van der Waals surface area contributed by atoms with Crippen molar-refractivity contribution in [1.29, 1.82) is 0 Å². The Morgan fingerprint density at radius 2 is 0.915 bits per heavy atom. The molecule has 0 heterocycles. The van der Waals surface area contributed by atoms with Crippen LogP contribution in [0.2, 0.25) is 0 Å². The highest BCUT2D eigenvalue weighted by molar-refractivity contribution is 5.94. The number of anilines is 3. The molecule has 0 amide bonds. The summed E-state index contributed by atoms with van der Waals surface area (Å²) in [5.41, 5.74) is 13.1. The number of hydrogen-bond donors (Lipinski definition) is 0. The maximum atomic E-state index is 8.92. The Hall–Kier alpha value is -7.22. The Labute approximate surface area is 361 Å². The van der Waals surface area contributed by atoms with E-state index < -0.39 is 35.0 Å². The van der Waals surface area contributed by atoms with Gasteiger partial charge in [-0.15, -0.1) is 0 Å². The molecular formula is C58H43N. The van der Waals surface area contributed by atoms with Gasteiger partial charge in [0.2, 0.25) is 0 Å². The fourth-order valence-electron chi connectivity index (χ4n) is 9.72. The van der Waals surface area contributed by atoms with Gasteiger partial charge in [-0.05, 0) is 114 Å². The molecule has 0 aliphatic heterocycles. The topological polar surface area (TPSA) is 3.24 Å². The SMILES string of the molecule is [2H]c1c([2H])c([2H])c(-c2ccc(N(c3cccc(C4(c5ccccc5)c5ccccc5-c5ccccc54)c3)c3ccc4c(c3)C(C)(C)c3cccc(-c5c([2H])c([2H])c([2H])c([2H])c5[2H])c3-4)cc2)c([2H])c1[2H]. The minimum absolute atomic E-state index is 0.122. The number of rotatable bonds is 7. The van der Waals surface area contributed by atoms with Crippen LogP contribution in [0.5, 0.6) is 0 Å². The van der Waals surface area contributed by atoms with Gasteiger partial charge in [0.15, 0.2) is 0 Å². The van der Waals surface area contributed by atoms with E-state index in [0.29, 0.717) is 11.1 Å². The highest BCUT2D eigenvalue weighted by atomic mass is 15.1. The molecule has 0 unspecified atom stereocenters. The summed E-state index contributed by atoms with van der Waals surface area (Å²) in [7, 11) is 0. The zero-order valence-corrected chi connectivity index (χ0v) is 32.5. The lowest BCUT2D eigenvalue weighted by molar-refractivity contribution is 0.660. The molecular weight excluding hydrogens is 711 g/mol. The van der Waals surface area contributed by atoms with Crippen molar-refractivity contribution in [3.05, 3.63) is 258 Å². The quantitative estimate of drug-likeness (QED) is 0.156. The highest BCUT2D eigenvalue weighted by Gasteiger charge is 2.46. The monoisotopic (exact) mass is 763 g/mol. The zero-order valence-electron chi connectivity index (χ0n) is 42.5. The molecule has 0 N–H and O–H groups in total. The summed E-state index contributed by atoms with van der Waals surface area (Å²) in [6, 6.07) is 52.4. The minimum Gasteiger partial charge on any atom is -0.310 e. The molecule has 2 aliphatic rings. The number of nitrogens with zero attached hydrogens (tertiary/aromatic N) is 1. The van der Waals surface area contributed by atoms with Crippen LogP contribution in [-0.2, 0) is 10.8 Å². The van der Waals surface area contributed by atoms with Crippen LogP contribution in [0.4, 0.5) is 17.1 Å². The third-order valence-corrected chi connectivity index (χ3v) is 12.3. The van der Waals surface area contributed by atoms with E-state index >= 15 is 0 Å². The molecule has 0 saturated heterocycles.